The van der Waals surface area contributed by atoms with Gasteiger partial charge in [0.2, 0.25) is 0 Å². The number of nitrogens with zero attached hydrogens (tertiary/aromatic N) is 1. The third-order valence-corrected chi connectivity index (χ3v) is 6.48. The predicted molar refractivity (Wildman–Crippen MR) is 81.9 cm³/mol. The van der Waals surface area contributed by atoms with Gasteiger partial charge in [-0.2, -0.15) is 0 Å². The van der Waals surface area contributed by atoms with Crippen LogP contribution in [0, 0.1) is 5.92 Å². The molecule has 0 aliphatic carbocycles. The highest BCUT2D eigenvalue weighted by atomic mass is 31.2. The molecule has 124 valence electrons. The third kappa shape index (κ3) is 4.38. The van der Waals surface area contributed by atoms with Crippen LogP contribution in [0.25, 0.3) is 0 Å². The van der Waals surface area contributed by atoms with Crippen molar-refractivity contribution in [2.24, 2.45) is 5.92 Å². The lowest BCUT2D eigenvalue weighted by Gasteiger charge is -2.37. The number of hydrogen-bond donors (Lipinski definition) is 1. The Hall–Kier alpha value is -0.230. The molecule has 1 rings (SSSR count). The van der Waals surface area contributed by atoms with Crippen LogP contribution in [0.2, 0.25) is 0 Å². The molecule has 1 N–H and O–H groups in total. The maximum atomic E-state index is 13.2. The van der Waals surface area contributed by atoms with E-state index in [0.717, 1.165) is 6.42 Å². The summed E-state index contributed by atoms with van der Waals surface area (Å²) in [7, 11) is 2.46. The molecule has 1 aliphatic rings. The van der Waals surface area contributed by atoms with E-state index < -0.39 is 19.7 Å². The minimum Gasteiger partial charge on any atom is -0.370 e. The molecular formula is C14H29NO5P+. The lowest BCUT2D eigenvalue weighted by atomic mass is 10.0. The minimum atomic E-state index is -3.61. The Kier molecular flexibility index (Phi) is 6.59. The Balaban J connectivity index is 2.95. The molecule has 21 heavy (non-hydrogen) atoms. The zero-order chi connectivity index (χ0) is 16.1. The van der Waals surface area contributed by atoms with E-state index in [2.05, 4.69) is 6.58 Å². The second-order valence-corrected chi connectivity index (χ2v) is 8.75. The Morgan fingerprint density at radius 2 is 2.14 bits per heavy atom. The number of quaternary nitrogens is 1. The normalized spacial score (nSPS) is 29.3. The summed E-state index contributed by atoms with van der Waals surface area (Å²) in [5, 5.41) is 8.09. The fourth-order valence-electron chi connectivity index (χ4n) is 2.47. The van der Waals surface area contributed by atoms with Crippen molar-refractivity contribution in [2.45, 2.75) is 25.1 Å². The molecular weight excluding hydrogens is 293 g/mol. The van der Waals surface area contributed by atoms with Crippen molar-refractivity contribution >= 4 is 7.60 Å². The fraction of sp³-hybridized carbons (Fsp3) is 0.857. The molecule has 0 amide bonds. The van der Waals surface area contributed by atoms with Crippen molar-refractivity contribution in [3.8, 4) is 0 Å². The maximum Gasteiger partial charge on any atom is 0.365 e. The summed E-state index contributed by atoms with van der Waals surface area (Å²) < 4.78 is 30.5. The first kappa shape index (κ1) is 18.8. The summed E-state index contributed by atoms with van der Waals surface area (Å²) in [5.41, 5.74) is 0. The topological polar surface area (TPSA) is 65.0 Å². The maximum absolute atomic E-state index is 13.2. The first-order valence-corrected chi connectivity index (χ1v) is 8.80. The van der Waals surface area contributed by atoms with Crippen LogP contribution in [0.15, 0.2) is 12.7 Å². The van der Waals surface area contributed by atoms with Gasteiger partial charge in [0.25, 0.3) is 0 Å². The molecule has 0 radical (unpaired) electrons. The first-order chi connectivity index (χ1) is 9.71. The molecule has 0 aromatic heterocycles. The first-order valence-electron chi connectivity index (χ1n) is 7.26. The predicted octanol–water partition coefficient (Wildman–Crippen LogP) is 2.20. The zero-order valence-corrected chi connectivity index (χ0v) is 14.5. The molecule has 7 heteroatoms. The van der Waals surface area contributed by atoms with E-state index in [-0.39, 0.29) is 12.5 Å². The smallest absolute Gasteiger partial charge is 0.365 e. The molecule has 1 aliphatic heterocycles. The molecule has 1 fully saturated rings. The summed E-state index contributed by atoms with van der Waals surface area (Å²) in [6.45, 7) is 6.49. The van der Waals surface area contributed by atoms with Gasteiger partial charge in [-0.25, -0.2) is 0 Å². The third-order valence-electron chi connectivity index (χ3n) is 3.82. The summed E-state index contributed by atoms with van der Waals surface area (Å²) in [6, 6.07) is 0. The molecule has 0 aromatic rings. The van der Waals surface area contributed by atoms with E-state index in [0.29, 0.717) is 24.1 Å². The number of aliphatic hydroxyl groups excluding tert-OH is 1. The number of likely N-dealkylation sites (N-methyl/N-ethyl adjacent to an activating group) is 1. The van der Waals surface area contributed by atoms with Crippen LogP contribution in [0.3, 0.4) is 0 Å². The van der Waals surface area contributed by atoms with Crippen LogP contribution in [0.4, 0.5) is 0 Å². The standard InChI is InChI=1S/C14H29NO5P/c1-6-8-14(13(2)7-10-18-14)21(17,20-12-16)19-11-9-15(3,4)5/h6,13,16H,1,7-12H2,2-5H3/q+1. The average Bonchev–Trinajstić information content (AvgIpc) is 2.71. The van der Waals surface area contributed by atoms with Gasteiger partial charge in [0.1, 0.15) is 13.2 Å². The molecule has 0 saturated carbocycles. The molecule has 0 aromatic carbocycles. The van der Waals surface area contributed by atoms with E-state index in [9.17, 15) is 4.57 Å². The summed E-state index contributed by atoms with van der Waals surface area (Å²) in [5.74, 6) is 0.0111. The van der Waals surface area contributed by atoms with Crippen molar-refractivity contribution in [1.82, 2.24) is 0 Å². The Bertz CT molecular complexity index is 395. The van der Waals surface area contributed by atoms with E-state index in [1.165, 1.54) is 0 Å². The van der Waals surface area contributed by atoms with E-state index in [4.69, 9.17) is 18.9 Å². The van der Waals surface area contributed by atoms with Gasteiger partial charge in [0.15, 0.2) is 12.1 Å². The van der Waals surface area contributed by atoms with Gasteiger partial charge in [0, 0.05) is 13.0 Å². The summed E-state index contributed by atoms with van der Waals surface area (Å²) >= 11 is 0. The molecule has 6 nitrogen and oxygen atoms in total. The lowest BCUT2D eigenvalue weighted by Crippen LogP contribution is -2.39. The zero-order valence-electron chi connectivity index (χ0n) is 13.6. The highest BCUT2D eigenvalue weighted by molar-refractivity contribution is 7.55. The van der Waals surface area contributed by atoms with E-state index in [1.54, 1.807) is 6.08 Å². The molecule has 0 bridgehead atoms. The van der Waals surface area contributed by atoms with Crippen LogP contribution >= 0.6 is 7.60 Å². The molecule has 0 spiro atoms. The van der Waals surface area contributed by atoms with Gasteiger partial charge >= 0.3 is 7.60 Å². The second kappa shape index (κ2) is 7.36. The van der Waals surface area contributed by atoms with Crippen molar-refractivity contribution in [2.75, 3.05) is 47.7 Å². The number of aliphatic hydroxyl groups is 1. The van der Waals surface area contributed by atoms with Gasteiger partial charge < -0.3 is 18.9 Å². The monoisotopic (exact) mass is 322 g/mol. The van der Waals surface area contributed by atoms with Crippen molar-refractivity contribution in [3.63, 3.8) is 0 Å². The van der Waals surface area contributed by atoms with Gasteiger partial charge in [-0.3, -0.25) is 9.09 Å². The number of hydrogen-bond acceptors (Lipinski definition) is 5. The largest absolute Gasteiger partial charge is 0.370 e. The molecule has 1 saturated heterocycles. The van der Waals surface area contributed by atoms with Gasteiger partial charge in [-0.1, -0.05) is 13.0 Å². The fourth-order valence-corrected chi connectivity index (χ4v) is 4.73. The molecule has 3 atom stereocenters. The highest BCUT2D eigenvalue weighted by Gasteiger charge is 2.57. The van der Waals surface area contributed by atoms with Gasteiger partial charge in [0.05, 0.1) is 21.1 Å². The average molecular weight is 322 g/mol. The summed E-state index contributed by atoms with van der Waals surface area (Å²) in [6.07, 6.45) is 2.82. The lowest BCUT2D eigenvalue weighted by molar-refractivity contribution is -0.870. The molecule has 3 unspecified atom stereocenters. The van der Waals surface area contributed by atoms with Crippen LogP contribution in [0.5, 0.6) is 0 Å². The van der Waals surface area contributed by atoms with Crippen molar-refractivity contribution in [3.05, 3.63) is 12.7 Å². The van der Waals surface area contributed by atoms with Crippen LogP contribution in [-0.2, 0) is 18.3 Å². The van der Waals surface area contributed by atoms with Gasteiger partial charge in [-0.15, -0.1) is 6.58 Å². The van der Waals surface area contributed by atoms with Gasteiger partial charge in [-0.05, 0) is 12.3 Å². The second-order valence-electron chi connectivity index (χ2n) is 6.48. The van der Waals surface area contributed by atoms with Crippen molar-refractivity contribution < 1.29 is 27.9 Å². The van der Waals surface area contributed by atoms with Crippen molar-refractivity contribution in [1.29, 1.82) is 0 Å². The van der Waals surface area contributed by atoms with E-state index >= 15 is 0 Å². The Labute approximate surface area is 127 Å². The summed E-state index contributed by atoms with van der Waals surface area (Å²) in [4.78, 5) is 0. The minimum absolute atomic E-state index is 0.0111. The SMILES string of the molecule is C=CCC1(P(=O)(OCO)OCC[N+](C)(C)C)OCCC1C. The Morgan fingerprint density at radius 1 is 1.48 bits per heavy atom. The van der Waals surface area contributed by atoms with Crippen LogP contribution < -0.4 is 0 Å². The number of ether oxygens (including phenoxy) is 1. The quantitative estimate of drug-likeness (QED) is 0.305. The van der Waals surface area contributed by atoms with E-state index in [1.807, 2.05) is 28.1 Å². The number of rotatable bonds is 9. The highest BCUT2D eigenvalue weighted by Crippen LogP contribution is 2.67. The Morgan fingerprint density at radius 3 is 2.57 bits per heavy atom. The van der Waals surface area contributed by atoms with Crippen LogP contribution in [0.1, 0.15) is 19.8 Å². The van der Waals surface area contributed by atoms with Crippen LogP contribution in [-0.4, -0.2) is 62.6 Å². The molecule has 1 heterocycles.